The van der Waals surface area contributed by atoms with Gasteiger partial charge in [-0.3, -0.25) is 9.59 Å². The molecule has 0 aromatic heterocycles. The first kappa shape index (κ1) is 15.5. The molecule has 0 aliphatic carbocycles. The van der Waals surface area contributed by atoms with E-state index in [1.807, 2.05) is 19.1 Å². The van der Waals surface area contributed by atoms with Gasteiger partial charge in [0.15, 0.2) is 0 Å². The molecule has 2 rings (SSSR count). The number of nitrogens with zero attached hydrogens (tertiary/aromatic N) is 1. The van der Waals surface area contributed by atoms with Crippen molar-refractivity contribution in [2.75, 3.05) is 6.54 Å². The molecule has 4 heteroatoms. The van der Waals surface area contributed by atoms with Gasteiger partial charge >= 0.3 is 5.97 Å². The number of hydrogen-bond acceptors (Lipinski definition) is 2. The number of amides is 1. The van der Waals surface area contributed by atoms with E-state index in [-0.39, 0.29) is 17.9 Å². The lowest BCUT2D eigenvalue weighted by Crippen LogP contribution is -2.38. The lowest BCUT2D eigenvalue weighted by molar-refractivity contribution is -0.143. The maximum absolute atomic E-state index is 12.5. The Bertz CT molecular complexity index is 541. The summed E-state index contributed by atoms with van der Waals surface area (Å²) < 4.78 is 0. The highest BCUT2D eigenvalue weighted by Crippen LogP contribution is 2.28. The Morgan fingerprint density at radius 1 is 1.38 bits per heavy atom. The normalized spacial score (nSPS) is 23.1. The molecule has 1 aliphatic rings. The first-order valence-electron chi connectivity index (χ1n) is 7.49. The summed E-state index contributed by atoms with van der Waals surface area (Å²) in [5, 5.41) is 9.14. The summed E-state index contributed by atoms with van der Waals surface area (Å²) in [4.78, 5) is 25.3. The largest absolute Gasteiger partial charge is 0.481 e. The number of carboxylic acid groups (broad SMARTS) is 1. The first-order chi connectivity index (χ1) is 9.91. The highest BCUT2D eigenvalue weighted by molar-refractivity contribution is 5.80. The van der Waals surface area contributed by atoms with Crippen molar-refractivity contribution in [1.29, 1.82) is 0 Å². The fraction of sp³-hybridized carbons (Fsp3) is 0.529. The van der Waals surface area contributed by atoms with E-state index in [0.29, 0.717) is 19.4 Å². The van der Waals surface area contributed by atoms with E-state index in [9.17, 15) is 9.59 Å². The number of carbonyl (C=O) groups is 2. The van der Waals surface area contributed by atoms with E-state index >= 15 is 0 Å². The summed E-state index contributed by atoms with van der Waals surface area (Å²) in [6.45, 7) is 6.49. The highest BCUT2D eigenvalue weighted by atomic mass is 16.4. The van der Waals surface area contributed by atoms with Crippen LogP contribution in [0.4, 0.5) is 0 Å². The molecule has 0 saturated carbocycles. The van der Waals surface area contributed by atoms with Gasteiger partial charge in [0.05, 0.1) is 5.92 Å². The second kappa shape index (κ2) is 6.29. The van der Waals surface area contributed by atoms with Crippen molar-refractivity contribution in [2.24, 2.45) is 5.92 Å². The minimum Gasteiger partial charge on any atom is -0.481 e. The molecule has 3 atom stereocenters. The maximum atomic E-state index is 12.5. The molecular formula is C17H23NO3. The van der Waals surface area contributed by atoms with Crippen molar-refractivity contribution in [3.8, 4) is 0 Å². The Balaban J connectivity index is 2.02. The van der Waals surface area contributed by atoms with E-state index < -0.39 is 11.9 Å². The third kappa shape index (κ3) is 3.26. The second-order valence-corrected chi connectivity index (χ2v) is 6.02. The average Bonchev–Trinajstić information content (AvgIpc) is 2.81. The van der Waals surface area contributed by atoms with Gasteiger partial charge in [0.2, 0.25) is 5.91 Å². The van der Waals surface area contributed by atoms with Gasteiger partial charge in [0.25, 0.3) is 0 Å². The van der Waals surface area contributed by atoms with Gasteiger partial charge < -0.3 is 10.0 Å². The molecular weight excluding hydrogens is 266 g/mol. The predicted octanol–water partition coefficient (Wildman–Crippen LogP) is 2.81. The minimum atomic E-state index is -0.801. The number of benzene rings is 1. The second-order valence-electron chi connectivity index (χ2n) is 6.02. The fourth-order valence-electron chi connectivity index (χ4n) is 3.25. The van der Waals surface area contributed by atoms with Crippen molar-refractivity contribution in [3.63, 3.8) is 0 Å². The fourth-order valence-corrected chi connectivity index (χ4v) is 3.25. The predicted molar refractivity (Wildman–Crippen MR) is 81.1 cm³/mol. The number of rotatable bonds is 4. The molecule has 0 spiro atoms. The summed E-state index contributed by atoms with van der Waals surface area (Å²) in [6.07, 6.45) is 0.989. The van der Waals surface area contributed by atoms with Crippen molar-refractivity contribution < 1.29 is 14.7 Å². The molecule has 1 saturated heterocycles. The smallest absolute Gasteiger partial charge is 0.308 e. The van der Waals surface area contributed by atoms with E-state index in [0.717, 1.165) is 0 Å². The van der Waals surface area contributed by atoms with Gasteiger partial charge in [0, 0.05) is 19.0 Å². The number of hydrogen-bond donors (Lipinski definition) is 1. The Kier molecular flexibility index (Phi) is 4.66. The van der Waals surface area contributed by atoms with Crippen LogP contribution in [0.3, 0.4) is 0 Å². The summed E-state index contributed by atoms with van der Waals surface area (Å²) in [5.41, 5.74) is 2.38. The molecule has 1 amide bonds. The van der Waals surface area contributed by atoms with Crippen molar-refractivity contribution in [2.45, 2.75) is 45.6 Å². The highest BCUT2D eigenvalue weighted by Gasteiger charge is 2.38. The number of likely N-dealkylation sites (tertiary alicyclic amines) is 1. The van der Waals surface area contributed by atoms with E-state index in [4.69, 9.17) is 5.11 Å². The summed E-state index contributed by atoms with van der Waals surface area (Å²) in [5.74, 6) is -1.02. The van der Waals surface area contributed by atoms with E-state index in [2.05, 4.69) is 26.0 Å². The van der Waals surface area contributed by atoms with Crippen molar-refractivity contribution in [3.05, 3.63) is 35.4 Å². The van der Waals surface area contributed by atoms with Crippen LogP contribution in [-0.2, 0) is 9.59 Å². The molecule has 1 heterocycles. The summed E-state index contributed by atoms with van der Waals surface area (Å²) in [6, 6.07) is 7.88. The van der Waals surface area contributed by atoms with Crippen LogP contribution >= 0.6 is 0 Å². The lowest BCUT2D eigenvalue weighted by atomic mass is 9.93. The van der Waals surface area contributed by atoms with Gasteiger partial charge in [-0.2, -0.15) is 0 Å². The van der Waals surface area contributed by atoms with Gasteiger partial charge in [-0.05, 0) is 37.3 Å². The SMILES string of the molecule is Cc1ccccc1C(C)CC(=O)N1CCC(C(=O)O)C1C. The number of aliphatic carboxylic acids is 1. The molecule has 1 aliphatic heterocycles. The minimum absolute atomic E-state index is 0.0574. The Hall–Kier alpha value is -1.84. The molecule has 21 heavy (non-hydrogen) atoms. The van der Waals surface area contributed by atoms with Crippen molar-refractivity contribution in [1.82, 2.24) is 4.90 Å². The van der Waals surface area contributed by atoms with Gasteiger partial charge in [0.1, 0.15) is 0 Å². The molecule has 3 unspecified atom stereocenters. The van der Waals surface area contributed by atoms with Gasteiger partial charge in [-0.25, -0.2) is 0 Å². The quantitative estimate of drug-likeness (QED) is 0.927. The van der Waals surface area contributed by atoms with Crippen LogP contribution < -0.4 is 0 Å². The topological polar surface area (TPSA) is 57.6 Å². The third-order valence-corrected chi connectivity index (χ3v) is 4.59. The van der Waals surface area contributed by atoms with Crippen LogP contribution in [0.1, 0.15) is 43.7 Å². The molecule has 1 aromatic rings. The number of carboxylic acids is 1. The Labute approximate surface area is 125 Å². The monoisotopic (exact) mass is 289 g/mol. The lowest BCUT2D eigenvalue weighted by Gasteiger charge is -2.25. The van der Waals surface area contributed by atoms with Crippen LogP contribution in [0.2, 0.25) is 0 Å². The molecule has 1 fully saturated rings. The van der Waals surface area contributed by atoms with Gasteiger partial charge in [-0.1, -0.05) is 31.2 Å². The molecule has 4 nitrogen and oxygen atoms in total. The van der Waals surface area contributed by atoms with E-state index in [1.54, 1.807) is 4.90 Å². The van der Waals surface area contributed by atoms with Crippen LogP contribution in [0, 0.1) is 12.8 Å². The van der Waals surface area contributed by atoms with E-state index in [1.165, 1.54) is 11.1 Å². The molecule has 1 aromatic carbocycles. The van der Waals surface area contributed by atoms with Crippen molar-refractivity contribution >= 4 is 11.9 Å². The standard InChI is InChI=1S/C17H23NO3/c1-11-6-4-5-7-14(11)12(2)10-16(19)18-9-8-15(13(18)3)17(20)21/h4-7,12-13,15H,8-10H2,1-3H3,(H,20,21). The molecule has 114 valence electrons. The molecule has 0 bridgehead atoms. The third-order valence-electron chi connectivity index (χ3n) is 4.59. The number of aryl methyl sites for hydroxylation is 1. The zero-order valence-corrected chi connectivity index (χ0v) is 12.9. The van der Waals surface area contributed by atoms with Crippen LogP contribution in [-0.4, -0.2) is 34.5 Å². The Morgan fingerprint density at radius 3 is 2.62 bits per heavy atom. The zero-order chi connectivity index (χ0) is 15.6. The summed E-state index contributed by atoms with van der Waals surface area (Å²) in [7, 11) is 0. The molecule has 1 N–H and O–H groups in total. The average molecular weight is 289 g/mol. The molecule has 0 radical (unpaired) electrons. The van der Waals surface area contributed by atoms with Crippen LogP contribution in [0.15, 0.2) is 24.3 Å². The van der Waals surface area contributed by atoms with Gasteiger partial charge in [-0.15, -0.1) is 0 Å². The van der Waals surface area contributed by atoms with Crippen LogP contribution in [0.25, 0.3) is 0 Å². The summed E-state index contributed by atoms with van der Waals surface area (Å²) >= 11 is 0. The maximum Gasteiger partial charge on any atom is 0.308 e. The van der Waals surface area contributed by atoms with Crippen LogP contribution in [0.5, 0.6) is 0 Å². The first-order valence-corrected chi connectivity index (χ1v) is 7.49. The Morgan fingerprint density at radius 2 is 2.05 bits per heavy atom. The number of carbonyl (C=O) groups excluding carboxylic acids is 1. The zero-order valence-electron chi connectivity index (χ0n) is 12.9.